The van der Waals surface area contributed by atoms with E-state index in [1.165, 1.54) is 23.9 Å². The number of carbonyl (C=O) groups excluding carboxylic acids is 1. The number of amides is 1. The number of amidine groups is 1. The maximum Gasteiger partial charge on any atom is 0.269 e. The molecular weight excluding hydrogens is 466 g/mol. The number of carbonyl (C=O) groups is 1. The molecule has 4 rings (SSSR count). The molecule has 0 spiro atoms. The van der Waals surface area contributed by atoms with Crippen molar-refractivity contribution < 1.29 is 19.2 Å². The Kier molecular flexibility index (Phi) is 7.47. The van der Waals surface area contributed by atoms with Gasteiger partial charge in [-0.1, -0.05) is 24.3 Å². The summed E-state index contributed by atoms with van der Waals surface area (Å²) in [6.45, 7) is 0.762. The molecule has 1 aliphatic rings. The van der Waals surface area contributed by atoms with Crippen molar-refractivity contribution in [1.29, 1.82) is 0 Å². The molecule has 3 aromatic rings. The van der Waals surface area contributed by atoms with Gasteiger partial charge in [0.25, 0.3) is 11.6 Å². The monoisotopic (exact) mass is 489 g/mol. The number of hydrogen-bond donors (Lipinski definition) is 0. The second kappa shape index (κ2) is 10.9. The summed E-state index contributed by atoms with van der Waals surface area (Å²) in [6, 6.07) is 21.2. The Bertz CT molecular complexity index is 1270. The first kappa shape index (κ1) is 24.0. The van der Waals surface area contributed by atoms with Crippen LogP contribution in [0.4, 0.5) is 5.69 Å². The predicted octanol–water partition coefficient (Wildman–Crippen LogP) is 5.28. The average molecular weight is 490 g/mol. The molecule has 0 aliphatic carbocycles. The van der Waals surface area contributed by atoms with Gasteiger partial charge in [0.2, 0.25) is 0 Å². The lowest BCUT2D eigenvalue weighted by molar-refractivity contribution is -0.384. The van der Waals surface area contributed by atoms with Crippen LogP contribution in [0.15, 0.2) is 82.7 Å². The second-order valence-corrected chi connectivity index (χ2v) is 8.65. The summed E-state index contributed by atoms with van der Waals surface area (Å²) in [5, 5.41) is 11.5. The number of nitro benzene ring substituents is 1. The first-order valence-electron chi connectivity index (χ1n) is 10.7. The van der Waals surface area contributed by atoms with E-state index >= 15 is 0 Å². The first-order valence-corrected chi connectivity index (χ1v) is 11.5. The molecule has 0 saturated carbocycles. The molecule has 1 fully saturated rings. The maximum atomic E-state index is 13.3. The number of rotatable bonds is 8. The second-order valence-electron chi connectivity index (χ2n) is 7.65. The highest BCUT2D eigenvalue weighted by atomic mass is 32.2. The Labute approximate surface area is 207 Å². The van der Waals surface area contributed by atoms with Gasteiger partial charge in [0.1, 0.15) is 11.5 Å². The number of non-ortho nitro benzene ring substituents is 1. The molecule has 8 nitrogen and oxygen atoms in total. The van der Waals surface area contributed by atoms with Crippen LogP contribution in [-0.4, -0.2) is 35.1 Å². The SMILES string of the molecule is COc1ccc(CN=C2S/C(=C\c3ccc([N+](=O)[O-])cc3)C(=O)N2Cc2ccc(OC)cc2)cc1. The molecule has 0 atom stereocenters. The van der Waals surface area contributed by atoms with E-state index in [0.29, 0.717) is 28.7 Å². The minimum atomic E-state index is -0.451. The fourth-order valence-corrected chi connectivity index (χ4v) is 4.39. The van der Waals surface area contributed by atoms with Gasteiger partial charge in [0.15, 0.2) is 5.17 Å². The number of ether oxygens (including phenoxy) is 2. The van der Waals surface area contributed by atoms with Gasteiger partial charge in [-0.3, -0.25) is 24.8 Å². The first-order chi connectivity index (χ1) is 17.0. The van der Waals surface area contributed by atoms with Gasteiger partial charge in [-0.2, -0.15) is 0 Å². The minimum Gasteiger partial charge on any atom is -0.497 e. The fraction of sp³-hybridized carbons (Fsp3) is 0.154. The average Bonchev–Trinajstić information content (AvgIpc) is 3.17. The molecule has 35 heavy (non-hydrogen) atoms. The molecule has 1 heterocycles. The van der Waals surface area contributed by atoms with E-state index in [2.05, 4.69) is 0 Å². The van der Waals surface area contributed by atoms with E-state index in [-0.39, 0.29) is 11.6 Å². The van der Waals surface area contributed by atoms with Crippen LogP contribution in [-0.2, 0) is 17.9 Å². The van der Waals surface area contributed by atoms with Gasteiger partial charge >= 0.3 is 0 Å². The molecule has 9 heteroatoms. The summed E-state index contributed by atoms with van der Waals surface area (Å²) in [6.07, 6.45) is 1.73. The van der Waals surface area contributed by atoms with Crippen LogP contribution >= 0.6 is 11.8 Å². The number of nitrogens with zero attached hydrogens (tertiary/aromatic N) is 3. The van der Waals surface area contributed by atoms with Crippen molar-refractivity contribution in [1.82, 2.24) is 4.90 Å². The Morgan fingerprint density at radius 1 is 0.914 bits per heavy atom. The van der Waals surface area contributed by atoms with Crippen LogP contribution in [0.25, 0.3) is 6.08 Å². The summed E-state index contributed by atoms with van der Waals surface area (Å²) >= 11 is 1.29. The zero-order valence-electron chi connectivity index (χ0n) is 19.2. The number of methoxy groups -OCH3 is 2. The maximum absolute atomic E-state index is 13.3. The number of benzene rings is 3. The summed E-state index contributed by atoms with van der Waals surface area (Å²) < 4.78 is 10.4. The van der Waals surface area contributed by atoms with Crippen LogP contribution in [0.5, 0.6) is 11.5 Å². The Morgan fingerprint density at radius 3 is 2.03 bits per heavy atom. The smallest absolute Gasteiger partial charge is 0.269 e. The summed E-state index contributed by atoms with van der Waals surface area (Å²) in [7, 11) is 3.22. The predicted molar refractivity (Wildman–Crippen MR) is 136 cm³/mol. The summed E-state index contributed by atoms with van der Waals surface area (Å²) in [5.74, 6) is 1.34. The number of aliphatic imine (C=N–C) groups is 1. The van der Waals surface area contributed by atoms with E-state index < -0.39 is 4.92 Å². The van der Waals surface area contributed by atoms with Crippen LogP contribution in [0.1, 0.15) is 16.7 Å². The van der Waals surface area contributed by atoms with Crippen molar-refractivity contribution in [2.24, 2.45) is 4.99 Å². The van der Waals surface area contributed by atoms with E-state index in [9.17, 15) is 14.9 Å². The third-order valence-corrected chi connectivity index (χ3v) is 6.39. The van der Waals surface area contributed by atoms with Crippen molar-refractivity contribution in [3.8, 4) is 11.5 Å². The van der Waals surface area contributed by atoms with Crippen molar-refractivity contribution in [2.45, 2.75) is 13.1 Å². The van der Waals surface area contributed by atoms with Gasteiger partial charge in [-0.15, -0.1) is 0 Å². The highest BCUT2D eigenvalue weighted by Gasteiger charge is 2.33. The zero-order valence-corrected chi connectivity index (χ0v) is 20.0. The fourth-order valence-electron chi connectivity index (χ4n) is 3.41. The molecule has 1 amide bonds. The Balaban J connectivity index is 1.60. The number of nitro groups is 1. The quantitative estimate of drug-likeness (QED) is 0.243. The standard InChI is InChI=1S/C26H23N3O5S/c1-33-22-11-5-19(6-12-22)16-27-26-28(17-20-7-13-23(34-2)14-8-20)25(30)24(35-26)15-18-3-9-21(10-4-18)29(31)32/h3-15H,16-17H2,1-2H3/b24-15-,27-26?. The highest BCUT2D eigenvalue weighted by molar-refractivity contribution is 8.18. The van der Waals surface area contributed by atoms with Crippen molar-refractivity contribution in [3.63, 3.8) is 0 Å². The third-order valence-electron chi connectivity index (χ3n) is 5.35. The summed E-state index contributed by atoms with van der Waals surface area (Å²) in [4.78, 5) is 30.7. The molecule has 3 aromatic carbocycles. The van der Waals surface area contributed by atoms with Gasteiger partial charge in [0, 0.05) is 12.1 Å². The van der Waals surface area contributed by atoms with Gasteiger partial charge in [-0.25, -0.2) is 0 Å². The molecule has 0 aromatic heterocycles. The number of thioether (sulfide) groups is 1. The highest BCUT2D eigenvalue weighted by Crippen LogP contribution is 2.34. The summed E-state index contributed by atoms with van der Waals surface area (Å²) in [5.41, 5.74) is 2.63. The lowest BCUT2D eigenvalue weighted by atomic mass is 10.2. The van der Waals surface area contributed by atoms with E-state index in [4.69, 9.17) is 14.5 Å². The Hall–Kier alpha value is -4.11. The molecular formula is C26H23N3O5S. The molecule has 0 N–H and O–H groups in total. The van der Waals surface area contributed by atoms with Crippen molar-refractivity contribution >= 4 is 34.6 Å². The zero-order chi connectivity index (χ0) is 24.8. The molecule has 0 unspecified atom stereocenters. The topological polar surface area (TPSA) is 94.3 Å². The molecule has 1 aliphatic heterocycles. The van der Waals surface area contributed by atoms with Gasteiger partial charge in [0.05, 0.1) is 37.1 Å². The van der Waals surface area contributed by atoms with Crippen molar-refractivity contribution in [2.75, 3.05) is 14.2 Å². The largest absolute Gasteiger partial charge is 0.497 e. The van der Waals surface area contributed by atoms with E-state index in [1.807, 2.05) is 48.5 Å². The lowest BCUT2D eigenvalue weighted by Crippen LogP contribution is -2.28. The van der Waals surface area contributed by atoms with Crippen LogP contribution in [0.3, 0.4) is 0 Å². The minimum absolute atomic E-state index is 0.000395. The van der Waals surface area contributed by atoms with Crippen LogP contribution in [0.2, 0.25) is 0 Å². The normalized spacial score (nSPS) is 15.6. The van der Waals surface area contributed by atoms with Crippen LogP contribution in [0, 0.1) is 10.1 Å². The van der Waals surface area contributed by atoms with Gasteiger partial charge < -0.3 is 9.47 Å². The molecule has 178 valence electrons. The third kappa shape index (κ3) is 5.88. The molecule has 0 bridgehead atoms. The van der Waals surface area contributed by atoms with E-state index in [1.54, 1.807) is 37.3 Å². The van der Waals surface area contributed by atoms with Crippen molar-refractivity contribution in [3.05, 3.63) is 105 Å². The molecule has 0 radical (unpaired) electrons. The van der Waals surface area contributed by atoms with Gasteiger partial charge in [-0.05, 0) is 70.9 Å². The number of hydrogen-bond acceptors (Lipinski definition) is 7. The Morgan fingerprint density at radius 2 is 1.49 bits per heavy atom. The lowest BCUT2D eigenvalue weighted by Gasteiger charge is -2.16. The molecule has 1 saturated heterocycles. The van der Waals surface area contributed by atoms with Crippen LogP contribution < -0.4 is 9.47 Å². The van der Waals surface area contributed by atoms with E-state index in [0.717, 1.165) is 22.6 Å².